The summed E-state index contributed by atoms with van der Waals surface area (Å²) < 4.78 is 5.67. The van der Waals surface area contributed by atoms with Gasteiger partial charge in [-0.1, -0.05) is 23.8 Å². The molecule has 0 unspecified atom stereocenters. The Labute approximate surface area is 125 Å². The number of aliphatic hydroxyl groups is 1. The number of anilines is 1. The molecule has 2 bridgehead atoms. The molecule has 2 amide bonds. The van der Waals surface area contributed by atoms with E-state index in [0.717, 1.165) is 0 Å². The second-order valence-corrected chi connectivity index (χ2v) is 5.98. The Morgan fingerprint density at radius 2 is 1.95 bits per heavy atom. The lowest BCUT2D eigenvalue weighted by Crippen LogP contribution is -2.43. The molecule has 4 atom stereocenters. The number of benzene rings is 1. The van der Waals surface area contributed by atoms with Gasteiger partial charge in [-0.05, 0) is 24.3 Å². The number of amides is 2. The molecule has 0 radical (unpaired) electrons. The molecule has 2 saturated heterocycles. The van der Waals surface area contributed by atoms with Gasteiger partial charge in [0.1, 0.15) is 5.60 Å². The lowest BCUT2D eigenvalue weighted by molar-refractivity contribution is -0.128. The molecular weight excluding hydrogens is 294 g/mol. The van der Waals surface area contributed by atoms with Crippen LogP contribution in [0.25, 0.3) is 0 Å². The van der Waals surface area contributed by atoms with Crippen molar-refractivity contribution in [2.24, 2.45) is 11.8 Å². The number of hydrogen-bond donors (Lipinski definition) is 1. The van der Waals surface area contributed by atoms with Crippen LogP contribution in [0.5, 0.6) is 0 Å². The fourth-order valence-electron chi connectivity index (χ4n) is 3.53. The summed E-state index contributed by atoms with van der Waals surface area (Å²) in [5.41, 5.74) is -0.556. The van der Waals surface area contributed by atoms with Crippen molar-refractivity contribution in [2.45, 2.75) is 11.7 Å². The van der Waals surface area contributed by atoms with Crippen molar-refractivity contribution in [1.82, 2.24) is 0 Å². The number of fused-ring (bicyclic) bond motifs is 5. The standard InChI is InChI=1S/C15H12ClNO4/c16-8-1-3-9(4-2-8)17-13(19)11-10-5-6-15(7-18,21-10)12(11)14(17)20/h1-6,10-12,18H,7H2/t10-,11-,12-,15+/m0/s1. The third kappa shape index (κ3) is 1.54. The number of imide groups is 1. The number of hydrogen-bond acceptors (Lipinski definition) is 4. The van der Waals surface area contributed by atoms with E-state index in [1.807, 2.05) is 0 Å². The van der Waals surface area contributed by atoms with Gasteiger partial charge in [0.05, 0.1) is 30.2 Å². The van der Waals surface area contributed by atoms with Gasteiger partial charge in [0.25, 0.3) is 0 Å². The largest absolute Gasteiger partial charge is 0.393 e. The number of aliphatic hydroxyl groups excluding tert-OH is 1. The van der Waals surface area contributed by atoms with Crippen molar-refractivity contribution in [3.05, 3.63) is 41.4 Å². The molecule has 3 aliphatic rings. The van der Waals surface area contributed by atoms with E-state index >= 15 is 0 Å². The van der Waals surface area contributed by atoms with Crippen LogP contribution < -0.4 is 4.90 Å². The predicted octanol–water partition coefficient (Wildman–Crippen LogP) is 1.15. The van der Waals surface area contributed by atoms with Crippen LogP contribution >= 0.6 is 11.6 Å². The molecule has 0 saturated carbocycles. The van der Waals surface area contributed by atoms with Crippen molar-refractivity contribution < 1.29 is 19.4 Å². The second-order valence-electron chi connectivity index (χ2n) is 5.55. The van der Waals surface area contributed by atoms with Gasteiger partial charge in [-0.15, -0.1) is 0 Å². The first kappa shape index (κ1) is 13.0. The zero-order valence-electron chi connectivity index (χ0n) is 10.9. The molecule has 4 rings (SSSR count). The zero-order chi connectivity index (χ0) is 14.8. The van der Waals surface area contributed by atoms with Crippen molar-refractivity contribution in [3.8, 4) is 0 Å². The van der Waals surface area contributed by atoms with Crippen LogP contribution in [0.4, 0.5) is 5.69 Å². The molecule has 1 aromatic rings. The van der Waals surface area contributed by atoms with Gasteiger partial charge in [-0.2, -0.15) is 0 Å². The first-order valence-corrected chi connectivity index (χ1v) is 7.07. The summed E-state index contributed by atoms with van der Waals surface area (Å²) in [5, 5.41) is 10.1. The fraction of sp³-hybridized carbons (Fsp3) is 0.333. The van der Waals surface area contributed by atoms with Crippen LogP contribution in [-0.4, -0.2) is 35.2 Å². The van der Waals surface area contributed by atoms with Crippen LogP contribution in [0, 0.1) is 11.8 Å². The van der Waals surface area contributed by atoms with Crippen molar-refractivity contribution in [2.75, 3.05) is 11.5 Å². The topological polar surface area (TPSA) is 66.8 Å². The minimum atomic E-state index is -1.05. The molecule has 0 spiro atoms. The molecule has 1 aromatic carbocycles. The van der Waals surface area contributed by atoms with E-state index in [1.54, 1.807) is 36.4 Å². The Kier molecular flexibility index (Phi) is 2.58. The Morgan fingerprint density at radius 3 is 2.62 bits per heavy atom. The number of ether oxygens (including phenoxy) is 1. The summed E-state index contributed by atoms with van der Waals surface area (Å²) in [6.07, 6.45) is 3.03. The summed E-state index contributed by atoms with van der Waals surface area (Å²) in [7, 11) is 0. The smallest absolute Gasteiger partial charge is 0.241 e. The number of halogens is 1. The maximum Gasteiger partial charge on any atom is 0.241 e. The van der Waals surface area contributed by atoms with Crippen LogP contribution in [0.3, 0.4) is 0 Å². The molecule has 108 valence electrons. The molecule has 0 aliphatic carbocycles. The summed E-state index contributed by atoms with van der Waals surface area (Å²) >= 11 is 5.84. The first-order chi connectivity index (χ1) is 10.1. The molecule has 3 heterocycles. The monoisotopic (exact) mass is 305 g/mol. The molecular formula is C15H12ClNO4. The minimum Gasteiger partial charge on any atom is -0.393 e. The van der Waals surface area contributed by atoms with E-state index in [1.165, 1.54) is 4.90 Å². The van der Waals surface area contributed by atoms with E-state index in [4.69, 9.17) is 16.3 Å². The SMILES string of the molecule is O=C1[C@H]2[C@@H]3C=C[C@](CO)(O3)[C@@H]2C(=O)N1c1ccc(Cl)cc1. The van der Waals surface area contributed by atoms with E-state index in [-0.39, 0.29) is 18.4 Å². The quantitative estimate of drug-likeness (QED) is 0.657. The Balaban J connectivity index is 1.77. The van der Waals surface area contributed by atoms with Crippen LogP contribution in [-0.2, 0) is 14.3 Å². The average Bonchev–Trinajstić information content (AvgIpc) is 3.12. The fourth-order valence-corrected chi connectivity index (χ4v) is 3.65. The molecule has 0 aromatic heterocycles. The summed E-state index contributed by atoms with van der Waals surface area (Å²) in [6.45, 7) is -0.311. The molecule has 21 heavy (non-hydrogen) atoms. The molecule has 6 heteroatoms. The van der Waals surface area contributed by atoms with Gasteiger partial charge in [0, 0.05) is 5.02 Å². The Morgan fingerprint density at radius 1 is 1.24 bits per heavy atom. The lowest BCUT2D eigenvalue weighted by atomic mass is 9.77. The Hall–Kier alpha value is -1.69. The summed E-state index contributed by atoms with van der Waals surface area (Å²) in [4.78, 5) is 26.5. The van der Waals surface area contributed by atoms with Gasteiger partial charge < -0.3 is 9.84 Å². The number of carbonyl (C=O) groups is 2. The predicted molar refractivity (Wildman–Crippen MR) is 74.8 cm³/mol. The maximum absolute atomic E-state index is 12.7. The summed E-state index contributed by atoms with van der Waals surface area (Å²) in [6, 6.07) is 6.55. The highest BCUT2D eigenvalue weighted by atomic mass is 35.5. The molecule has 3 aliphatic heterocycles. The number of rotatable bonds is 2. The number of nitrogens with zero attached hydrogens (tertiary/aromatic N) is 1. The lowest BCUT2D eigenvalue weighted by Gasteiger charge is -2.26. The second kappa shape index (κ2) is 4.16. The van der Waals surface area contributed by atoms with E-state index < -0.39 is 23.5 Å². The first-order valence-electron chi connectivity index (χ1n) is 6.69. The van der Waals surface area contributed by atoms with Crippen molar-refractivity contribution >= 4 is 29.1 Å². The molecule has 5 nitrogen and oxygen atoms in total. The molecule has 1 N–H and O–H groups in total. The third-order valence-corrected chi connectivity index (χ3v) is 4.74. The van der Waals surface area contributed by atoms with Gasteiger partial charge in [0.2, 0.25) is 11.8 Å². The van der Waals surface area contributed by atoms with E-state index in [2.05, 4.69) is 0 Å². The average molecular weight is 306 g/mol. The van der Waals surface area contributed by atoms with Gasteiger partial charge in [-0.3, -0.25) is 9.59 Å². The van der Waals surface area contributed by atoms with Crippen molar-refractivity contribution in [1.29, 1.82) is 0 Å². The number of carbonyl (C=O) groups excluding carboxylic acids is 2. The minimum absolute atomic E-state index is 0.281. The van der Waals surface area contributed by atoms with Crippen LogP contribution in [0.15, 0.2) is 36.4 Å². The highest BCUT2D eigenvalue weighted by molar-refractivity contribution is 6.31. The van der Waals surface area contributed by atoms with Crippen LogP contribution in [0.2, 0.25) is 5.02 Å². The normalized spacial score (nSPS) is 36.7. The van der Waals surface area contributed by atoms with Gasteiger partial charge >= 0.3 is 0 Å². The Bertz CT molecular complexity index is 671. The van der Waals surface area contributed by atoms with Gasteiger partial charge in [0.15, 0.2) is 0 Å². The van der Waals surface area contributed by atoms with Crippen molar-refractivity contribution in [3.63, 3.8) is 0 Å². The highest BCUT2D eigenvalue weighted by Crippen LogP contribution is 2.52. The van der Waals surface area contributed by atoms with Gasteiger partial charge in [-0.25, -0.2) is 4.90 Å². The molecule has 2 fully saturated rings. The van der Waals surface area contributed by atoms with Crippen LogP contribution in [0.1, 0.15) is 0 Å². The third-order valence-electron chi connectivity index (χ3n) is 4.49. The maximum atomic E-state index is 12.7. The van der Waals surface area contributed by atoms with E-state index in [9.17, 15) is 14.7 Å². The van der Waals surface area contributed by atoms with E-state index in [0.29, 0.717) is 10.7 Å². The summed E-state index contributed by atoms with van der Waals surface area (Å²) in [5.74, 6) is -1.81. The zero-order valence-corrected chi connectivity index (χ0v) is 11.7. The highest BCUT2D eigenvalue weighted by Gasteiger charge is 2.67.